The van der Waals surface area contributed by atoms with E-state index in [9.17, 15) is 5.11 Å². The van der Waals surface area contributed by atoms with Crippen LogP contribution in [0, 0.1) is 0 Å². The molecule has 1 heteroatoms. The van der Waals surface area contributed by atoms with Crippen LogP contribution in [0.2, 0.25) is 0 Å². The van der Waals surface area contributed by atoms with Crippen molar-refractivity contribution in [1.82, 2.24) is 0 Å². The normalized spacial score (nSPS) is 12.8. The summed E-state index contributed by atoms with van der Waals surface area (Å²) < 4.78 is 0. The van der Waals surface area contributed by atoms with E-state index in [1.165, 1.54) is 49.7 Å². The molecule has 0 aromatic heterocycles. The second-order valence-corrected chi connectivity index (χ2v) is 6.65. The molecule has 0 bridgehead atoms. The average Bonchev–Trinajstić information content (AvgIpc) is 2.47. The molecule has 1 unspecified atom stereocenters. The predicted molar refractivity (Wildman–Crippen MR) is 92.9 cm³/mol. The van der Waals surface area contributed by atoms with Gasteiger partial charge >= 0.3 is 0 Å². The average molecular weight is 290 g/mol. The molecule has 0 aliphatic rings. The molecule has 1 rings (SSSR count). The van der Waals surface area contributed by atoms with Crippen LogP contribution >= 0.6 is 0 Å². The van der Waals surface area contributed by atoms with Gasteiger partial charge in [-0.1, -0.05) is 77.1 Å². The number of aliphatic hydroxyl groups is 1. The van der Waals surface area contributed by atoms with Crippen LogP contribution in [-0.4, -0.2) is 11.2 Å². The highest BCUT2D eigenvalue weighted by molar-refractivity contribution is 5.24. The van der Waals surface area contributed by atoms with E-state index in [-0.39, 0.29) is 6.10 Å². The smallest absolute Gasteiger partial charge is 0.0540 e. The molecular weight excluding hydrogens is 256 g/mol. The lowest BCUT2D eigenvalue weighted by Gasteiger charge is -2.10. The van der Waals surface area contributed by atoms with Crippen molar-refractivity contribution < 1.29 is 5.11 Å². The van der Waals surface area contributed by atoms with Gasteiger partial charge in [0.25, 0.3) is 0 Å². The third-order valence-electron chi connectivity index (χ3n) is 4.29. The Balaban J connectivity index is 2.08. The summed E-state index contributed by atoms with van der Waals surface area (Å²) in [6.45, 7) is 6.68. The molecule has 0 saturated carbocycles. The summed E-state index contributed by atoms with van der Waals surface area (Å²) >= 11 is 0. The van der Waals surface area contributed by atoms with Gasteiger partial charge in [0, 0.05) is 0 Å². The van der Waals surface area contributed by atoms with Crippen molar-refractivity contribution >= 4 is 0 Å². The lowest BCUT2D eigenvalue weighted by atomic mass is 9.99. The maximum absolute atomic E-state index is 9.87. The fourth-order valence-electron chi connectivity index (χ4n) is 2.73. The molecule has 0 aliphatic carbocycles. The Hall–Kier alpha value is -0.820. The molecule has 120 valence electrons. The highest BCUT2D eigenvalue weighted by Crippen LogP contribution is 2.16. The summed E-state index contributed by atoms with van der Waals surface area (Å²) in [6.07, 6.45) is 10.4. The van der Waals surface area contributed by atoms with Gasteiger partial charge in [0.15, 0.2) is 0 Å². The zero-order valence-corrected chi connectivity index (χ0v) is 14.3. The van der Waals surface area contributed by atoms with Gasteiger partial charge in [-0.3, -0.25) is 0 Å². The van der Waals surface area contributed by atoms with Crippen LogP contribution in [-0.2, 0) is 6.42 Å². The van der Waals surface area contributed by atoms with Crippen molar-refractivity contribution in [2.24, 2.45) is 0 Å². The highest BCUT2D eigenvalue weighted by Gasteiger charge is 2.03. The number of hydrogen-bond donors (Lipinski definition) is 1. The standard InChI is InChI=1S/C20H34O/c1-4-5-7-11-20(21)12-9-6-8-10-18-13-15-19(16-14-18)17(2)3/h13-17,20-21H,4-12H2,1-3H3. The number of aryl methyl sites for hydroxylation is 1. The first-order valence-corrected chi connectivity index (χ1v) is 8.90. The molecule has 1 nitrogen and oxygen atoms in total. The van der Waals surface area contributed by atoms with E-state index in [1.54, 1.807) is 0 Å². The summed E-state index contributed by atoms with van der Waals surface area (Å²) in [4.78, 5) is 0. The molecule has 1 aromatic carbocycles. The quantitative estimate of drug-likeness (QED) is 0.506. The Bertz CT molecular complexity index is 353. The van der Waals surface area contributed by atoms with Crippen LogP contribution in [0.5, 0.6) is 0 Å². The molecule has 1 aromatic rings. The molecule has 0 fully saturated rings. The first-order chi connectivity index (χ1) is 10.1. The molecule has 0 amide bonds. The Labute approximate surface area is 131 Å². The van der Waals surface area contributed by atoms with Crippen LogP contribution in [0.3, 0.4) is 0 Å². The molecule has 0 aliphatic heterocycles. The molecule has 21 heavy (non-hydrogen) atoms. The zero-order chi connectivity index (χ0) is 15.5. The van der Waals surface area contributed by atoms with Crippen molar-refractivity contribution in [2.45, 2.75) is 90.6 Å². The maximum Gasteiger partial charge on any atom is 0.0540 e. The van der Waals surface area contributed by atoms with Gasteiger partial charge in [-0.15, -0.1) is 0 Å². The first-order valence-electron chi connectivity index (χ1n) is 8.90. The van der Waals surface area contributed by atoms with Crippen molar-refractivity contribution in [3.63, 3.8) is 0 Å². The third kappa shape index (κ3) is 8.26. The van der Waals surface area contributed by atoms with E-state index >= 15 is 0 Å². The number of unbranched alkanes of at least 4 members (excludes halogenated alkanes) is 4. The van der Waals surface area contributed by atoms with Crippen LogP contribution in [0.1, 0.15) is 89.2 Å². The van der Waals surface area contributed by atoms with E-state index in [0.717, 1.165) is 19.3 Å². The van der Waals surface area contributed by atoms with Gasteiger partial charge in [-0.25, -0.2) is 0 Å². The Morgan fingerprint density at radius 2 is 1.48 bits per heavy atom. The highest BCUT2D eigenvalue weighted by atomic mass is 16.3. The van der Waals surface area contributed by atoms with Crippen molar-refractivity contribution in [3.8, 4) is 0 Å². The minimum Gasteiger partial charge on any atom is -0.393 e. The maximum atomic E-state index is 9.87. The Morgan fingerprint density at radius 3 is 2.05 bits per heavy atom. The van der Waals surface area contributed by atoms with E-state index in [1.807, 2.05) is 0 Å². The summed E-state index contributed by atoms with van der Waals surface area (Å²) in [5, 5.41) is 9.87. The van der Waals surface area contributed by atoms with Crippen LogP contribution < -0.4 is 0 Å². The summed E-state index contributed by atoms with van der Waals surface area (Å²) in [5.74, 6) is 0.619. The van der Waals surface area contributed by atoms with E-state index < -0.39 is 0 Å². The topological polar surface area (TPSA) is 20.2 Å². The lowest BCUT2D eigenvalue weighted by Crippen LogP contribution is -2.05. The summed E-state index contributed by atoms with van der Waals surface area (Å²) in [7, 11) is 0. The Kier molecular flexibility index (Phi) is 9.41. The SMILES string of the molecule is CCCCCC(O)CCCCCc1ccc(C(C)C)cc1. The van der Waals surface area contributed by atoms with Crippen molar-refractivity contribution in [3.05, 3.63) is 35.4 Å². The van der Waals surface area contributed by atoms with Gasteiger partial charge in [-0.05, 0) is 42.7 Å². The predicted octanol–water partition coefficient (Wildman–Crippen LogP) is 5.85. The zero-order valence-electron chi connectivity index (χ0n) is 14.3. The van der Waals surface area contributed by atoms with Gasteiger partial charge in [0.2, 0.25) is 0 Å². The van der Waals surface area contributed by atoms with Gasteiger partial charge in [0.1, 0.15) is 0 Å². The van der Waals surface area contributed by atoms with Crippen molar-refractivity contribution in [1.29, 1.82) is 0 Å². The second-order valence-electron chi connectivity index (χ2n) is 6.65. The van der Waals surface area contributed by atoms with E-state index in [4.69, 9.17) is 0 Å². The molecular formula is C20H34O. The van der Waals surface area contributed by atoms with Crippen LogP contribution in [0.25, 0.3) is 0 Å². The van der Waals surface area contributed by atoms with Crippen LogP contribution in [0.4, 0.5) is 0 Å². The molecule has 0 radical (unpaired) electrons. The van der Waals surface area contributed by atoms with Crippen molar-refractivity contribution in [2.75, 3.05) is 0 Å². The number of hydrogen-bond acceptors (Lipinski definition) is 1. The fraction of sp³-hybridized carbons (Fsp3) is 0.700. The number of rotatable bonds is 11. The second kappa shape index (κ2) is 10.8. The molecule has 1 atom stereocenters. The monoisotopic (exact) mass is 290 g/mol. The lowest BCUT2D eigenvalue weighted by molar-refractivity contribution is 0.147. The van der Waals surface area contributed by atoms with Gasteiger partial charge < -0.3 is 5.11 Å². The first kappa shape index (κ1) is 18.2. The minimum absolute atomic E-state index is 0.0677. The number of aliphatic hydroxyl groups excluding tert-OH is 1. The number of benzene rings is 1. The summed E-state index contributed by atoms with van der Waals surface area (Å²) in [5.41, 5.74) is 2.87. The third-order valence-corrected chi connectivity index (χ3v) is 4.29. The molecule has 0 heterocycles. The summed E-state index contributed by atoms with van der Waals surface area (Å²) in [6, 6.07) is 9.07. The van der Waals surface area contributed by atoms with Gasteiger partial charge in [-0.2, -0.15) is 0 Å². The van der Waals surface area contributed by atoms with E-state index in [2.05, 4.69) is 45.0 Å². The molecule has 1 N–H and O–H groups in total. The Morgan fingerprint density at radius 1 is 0.857 bits per heavy atom. The minimum atomic E-state index is -0.0677. The van der Waals surface area contributed by atoms with E-state index in [0.29, 0.717) is 5.92 Å². The van der Waals surface area contributed by atoms with Gasteiger partial charge in [0.05, 0.1) is 6.10 Å². The largest absolute Gasteiger partial charge is 0.393 e. The molecule has 0 spiro atoms. The van der Waals surface area contributed by atoms with Crippen LogP contribution in [0.15, 0.2) is 24.3 Å². The molecule has 0 saturated heterocycles. The fourth-order valence-corrected chi connectivity index (χ4v) is 2.73.